The van der Waals surface area contributed by atoms with Crippen LogP contribution in [0.15, 0.2) is 35.2 Å². The van der Waals surface area contributed by atoms with Gasteiger partial charge in [0.2, 0.25) is 11.8 Å². The third-order valence-corrected chi connectivity index (χ3v) is 3.98. The second kappa shape index (κ2) is 6.06. The van der Waals surface area contributed by atoms with E-state index in [-0.39, 0.29) is 23.3 Å². The van der Waals surface area contributed by atoms with Crippen molar-refractivity contribution in [2.45, 2.75) is 18.4 Å². The Morgan fingerprint density at radius 1 is 1.29 bits per heavy atom. The van der Waals surface area contributed by atoms with E-state index >= 15 is 0 Å². The zero-order valence-electron chi connectivity index (χ0n) is 11.6. The second-order valence-electron chi connectivity index (χ2n) is 4.29. The van der Waals surface area contributed by atoms with Gasteiger partial charge >= 0.3 is 0 Å². The second-order valence-corrected chi connectivity index (χ2v) is 5.97. The number of aliphatic hydroxyl groups is 1. The highest BCUT2D eigenvalue weighted by atomic mass is 32.2. The van der Waals surface area contributed by atoms with E-state index in [2.05, 4.69) is 14.7 Å². The molecular formula is C13H15N3O4S. The molecule has 0 radical (unpaired) electrons. The SMILES string of the molecule is COc1cc(C)nc(NS(=O)(=O)c2cccc(CO)c2)n1. The lowest BCUT2D eigenvalue weighted by Gasteiger charge is -2.09. The summed E-state index contributed by atoms with van der Waals surface area (Å²) in [6.07, 6.45) is 0. The molecule has 112 valence electrons. The van der Waals surface area contributed by atoms with Crippen LogP contribution < -0.4 is 9.46 Å². The van der Waals surface area contributed by atoms with Crippen LogP contribution in [0.5, 0.6) is 5.88 Å². The first-order valence-electron chi connectivity index (χ1n) is 6.07. The summed E-state index contributed by atoms with van der Waals surface area (Å²) in [7, 11) is -2.39. The number of sulfonamides is 1. The maximum atomic E-state index is 12.3. The predicted octanol–water partition coefficient (Wildman–Crippen LogP) is 1.09. The molecule has 0 bridgehead atoms. The molecular weight excluding hydrogens is 294 g/mol. The Morgan fingerprint density at radius 3 is 2.71 bits per heavy atom. The molecule has 0 aliphatic rings. The van der Waals surface area contributed by atoms with Crippen molar-refractivity contribution in [3.63, 3.8) is 0 Å². The molecule has 0 atom stereocenters. The average molecular weight is 309 g/mol. The van der Waals surface area contributed by atoms with Crippen molar-refractivity contribution in [3.05, 3.63) is 41.6 Å². The fourth-order valence-corrected chi connectivity index (χ4v) is 2.69. The van der Waals surface area contributed by atoms with Crippen molar-refractivity contribution in [3.8, 4) is 5.88 Å². The molecule has 0 aliphatic carbocycles. The first kappa shape index (κ1) is 15.2. The highest BCUT2D eigenvalue weighted by Gasteiger charge is 2.16. The number of benzene rings is 1. The minimum Gasteiger partial charge on any atom is -0.481 e. The molecule has 0 unspecified atom stereocenters. The lowest BCUT2D eigenvalue weighted by atomic mass is 10.2. The quantitative estimate of drug-likeness (QED) is 0.857. The molecule has 21 heavy (non-hydrogen) atoms. The smallest absolute Gasteiger partial charge is 0.264 e. The molecule has 8 heteroatoms. The summed E-state index contributed by atoms with van der Waals surface area (Å²) in [5, 5.41) is 9.07. The van der Waals surface area contributed by atoms with E-state index in [1.54, 1.807) is 25.1 Å². The summed E-state index contributed by atoms with van der Waals surface area (Å²) in [5.74, 6) is 0.200. The van der Waals surface area contributed by atoms with Crippen molar-refractivity contribution >= 4 is 16.0 Å². The summed E-state index contributed by atoms with van der Waals surface area (Å²) >= 11 is 0. The van der Waals surface area contributed by atoms with E-state index in [9.17, 15) is 8.42 Å². The van der Waals surface area contributed by atoms with Crippen molar-refractivity contribution in [1.82, 2.24) is 9.97 Å². The fraction of sp³-hybridized carbons (Fsp3) is 0.231. The molecule has 2 rings (SSSR count). The van der Waals surface area contributed by atoms with Gasteiger partial charge in [-0.1, -0.05) is 12.1 Å². The van der Waals surface area contributed by atoms with Gasteiger partial charge in [0.05, 0.1) is 18.6 Å². The van der Waals surface area contributed by atoms with Crippen LogP contribution in [0, 0.1) is 6.92 Å². The molecule has 0 amide bonds. The number of hydrogen-bond acceptors (Lipinski definition) is 6. The minimum atomic E-state index is -3.83. The number of aryl methyl sites for hydroxylation is 1. The number of methoxy groups -OCH3 is 1. The molecule has 1 heterocycles. The molecule has 2 aromatic rings. The molecule has 0 spiro atoms. The van der Waals surface area contributed by atoms with Gasteiger partial charge in [0.25, 0.3) is 10.0 Å². The van der Waals surface area contributed by atoms with Gasteiger partial charge in [-0.2, -0.15) is 4.98 Å². The largest absolute Gasteiger partial charge is 0.481 e. The Bertz CT molecular complexity index is 747. The molecule has 1 aromatic carbocycles. The third kappa shape index (κ3) is 3.67. The summed E-state index contributed by atoms with van der Waals surface area (Å²) < 4.78 is 31.8. The van der Waals surface area contributed by atoms with Gasteiger partial charge in [-0.25, -0.2) is 18.1 Å². The Kier molecular flexibility index (Phi) is 4.39. The van der Waals surface area contributed by atoms with Crippen LogP contribution in [0.25, 0.3) is 0 Å². The van der Waals surface area contributed by atoms with Crippen molar-refractivity contribution in [2.75, 3.05) is 11.8 Å². The van der Waals surface area contributed by atoms with Crippen LogP contribution in [0.3, 0.4) is 0 Å². The number of rotatable bonds is 5. The van der Waals surface area contributed by atoms with Gasteiger partial charge in [0, 0.05) is 11.8 Å². The highest BCUT2D eigenvalue weighted by molar-refractivity contribution is 7.92. The number of nitrogens with one attached hydrogen (secondary N) is 1. The molecule has 1 aromatic heterocycles. The van der Waals surface area contributed by atoms with Crippen LogP contribution in [0.2, 0.25) is 0 Å². The number of nitrogens with zero attached hydrogens (tertiary/aromatic N) is 2. The molecule has 0 aliphatic heterocycles. The Morgan fingerprint density at radius 2 is 2.05 bits per heavy atom. The standard InChI is InChI=1S/C13H15N3O4S/c1-9-6-12(20-2)15-13(14-9)16-21(18,19)11-5-3-4-10(7-11)8-17/h3-7,17H,8H2,1-2H3,(H,14,15,16). The zero-order chi connectivity index (χ0) is 15.5. The molecule has 0 saturated heterocycles. The van der Waals surface area contributed by atoms with Gasteiger partial charge in [0.1, 0.15) is 0 Å². The Balaban J connectivity index is 2.34. The predicted molar refractivity (Wildman–Crippen MR) is 76.5 cm³/mol. The van der Waals surface area contributed by atoms with Crippen molar-refractivity contribution in [1.29, 1.82) is 0 Å². The lowest BCUT2D eigenvalue weighted by molar-refractivity contribution is 0.281. The monoisotopic (exact) mass is 309 g/mol. The number of aromatic nitrogens is 2. The molecule has 2 N–H and O–H groups in total. The van der Waals surface area contributed by atoms with Gasteiger partial charge in [0.15, 0.2) is 0 Å². The lowest BCUT2D eigenvalue weighted by Crippen LogP contribution is -2.16. The van der Waals surface area contributed by atoms with Crippen LogP contribution in [-0.4, -0.2) is 30.6 Å². The third-order valence-electron chi connectivity index (χ3n) is 2.66. The summed E-state index contributed by atoms with van der Waals surface area (Å²) in [5.41, 5.74) is 1.07. The van der Waals surface area contributed by atoms with Crippen molar-refractivity contribution in [2.24, 2.45) is 0 Å². The number of hydrogen-bond donors (Lipinski definition) is 2. The summed E-state index contributed by atoms with van der Waals surface area (Å²) in [6.45, 7) is 1.46. The summed E-state index contributed by atoms with van der Waals surface area (Å²) in [6, 6.07) is 7.58. The first-order chi connectivity index (χ1) is 9.94. The highest BCUT2D eigenvalue weighted by Crippen LogP contribution is 2.17. The van der Waals surface area contributed by atoms with Gasteiger partial charge in [-0.05, 0) is 24.6 Å². The van der Waals surface area contributed by atoms with Crippen LogP contribution in [0.4, 0.5) is 5.95 Å². The minimum absolute atomic E-state index is 0.0260. The van der Waals surface area contributed by atoms with E-state index in [0.29, 0.717) is 11.3 Å². The molecule has 0 fully saturated rings. The van der Waals surface area contributed by atoms with Crippen LogP contribution in [-0.2, 0) is 16.6 Å². The van der Waals surface area contributed by atoms with E-state index in [1.807, 2.05) is 0 Å². The maximum absolute atomic E-state index is 12.3. The van der Waals surface area contributed by atoms with E-state index in [1.165, 1.54) is 19.2 Å². The van der Waals surface area contributed by atoms with E-state index < -0.39 is 10.0 Å². The number of anilines is 1. The van der Waals surface area contributed by atoms with Crippen LogP contribution >= 0.6 is 0 Å². The molecule has 7 nitrogen and oxygen atoms in total. The Hall–Kier alpha value is -2.19. The van der Waals surface area contributed by atoms with Gasteiger partial charge in [-0.3, -0.25) is 0 Å². The zero-order valence-corrected chi connectivity index (χ0v) is 12.4. The molecule has 0 saturated carbocycles. The average Bonchev–Trinajstić information content (AvgIpc) is 2.46. The summed E-state index contributed by atoms with van der Waals surface area (Å²) in [4.78, 5) is 7.96. The normalized spacial score (nSPS) is 11.2. The number of ether oxygens (including phenoxy) is 1. The first-order valence-corrected chi connectivity index (χ1v) is 7.55. The Labute approximate surface area is 122 Å². The fourth-order valence-electron chi connectivity index (χ4n) is 1.68. The maximum Gasteiger partial charge on any atom is 0.264 e. The van der Waals surface area contributed by atoms with Crippen molar-refractivity contribution < 1.29 is 18.3 Å². The van der Waals surface area contributed by atoms with Gasteiger partial charge in [-0.15, -0.1) is 0 Å². The van der Waals surface area contributed by atoms with E-state index in [4.69, 9.17) is 9.84 Å². The van der Waals surface area contributed by atoms with E-state index in [0.717, 1.165) is 0 Å². The van der Waals surface area contributed by atoms with Crippen LogP contribution in [0.1, 0.15) is 11.3 Å². The number of aliphatic hydroxyl groups excluding tert-OH is 1. The topological polar surface area (TPSA) is 101 Å². The van der Waals surface area contributed by atoms with Gasteiger partial charge < -0.3 is 9.84 Å².